The molecule has 3 aromatic rings. The van der Waals surface area contributed by atoms with Crippen molar-refractivity contribution in [2.75, 3.05) is 31.1 Å². The fourth-order valence-electron chi connectivity index (χ4n) is 3.61. The molecule has 0 saturated carbocycles. The minimum atomic E-state index is -4.45. The summed E-state index contributed by atoms with van der Waals surface area (Å²) >= 11 is 0. The average Bonchev–Trinajstić information content (AvgIpc) is 3.28. The highest BCUT2D eigenvalue weighted by Gasteiger charge is 2.31. The lowest BCUT2D eigenvalue weighted by Crippen LogP contribution is -2.49. The number of rotatable bonds is 5. The molecule has 1 aliphatic rings. The van der Waals surface area contributed by atoms with Crippen LogP contribution in [0.3, 0.4) is 0 Å². The van der Waals surface area contributed by atoms with Crippen LogP contribution in [0.4, 0.5) is 19.0 Å². The quantitative estimate of drug-likeness (QED) is 0.579. The van der Waals surface area contributed by atoms with Gasteiger partial charge in [0.05, 0.1) is 11.3 Å². The molecule has 7 nitrogen and oxygen atoms in total. The molecule has 1 fully saturated rings. The van der Waals surface area contributed by atoms with Gasteiger partial charge in [-0.05, 0) is 36.8 Å². The zero-order valence-corrected chi connectivity index (χ0v) is 18.1. The third-order valence-corrected chi connectivity index (χ3v) is 7.12. The molecule has 4 rings (SSSR count). The molecule has 0 amide bonds. The van der Waals surface area contributed by atoms with Crippen molar-refractivity contribution in [2.24, 2.45) is 0 Å². The van der Waals surface area contributed by atoms with E-state index in [2.05, 4.69) is 9.97 Å². The van der Waals surface area contributed by atoms with Crippen molar-refractivity contribution in [1.82, 2.24) is 18.8 Å². The van der Waals surface area contributed by atoms with Crippen molar-refractivity contribution >= 4 is 15.8 Å². The van der Waals surface area contributed by atoms with E-state index in [1.54, 1.807) is 6.92 Å². The first-order chi connectivity index (χ1) is 15.1. The van der Waals surface area contributed by atoms with E-state index < -0.39 is 21.8 Å². The monoisotopic (exact) mass is 465 g/mol. The summed E-state index contributed by atoms with van der Waals surface area (Å²) in [7, 11) is -3.65. The van der Waals surface area contributed by atoms with Crippen LogP contribution < -0.4 is 4.90 Å². The van der Waals surface area contributed by atoms with E-state index >= 15 is 0 Å². The van der Waals surface area contributed by atoms with Gasteiger partial charge in [0.1, 0.15) is 17.5 Å². The topological polar surface area (TPSA) is 71.3 Å². The highest BCUT2D eigenvalue weighted by molar-refractivity contribution is 7.88. The summed E-state index contributed by atoms with van der Waals surface area (Å²) in [6.45, 7) is 3.25. The van der Waals surface area contributed by atoms with Crippen molar-refractivity contribution in [3.05, 3.63) is 71.8 Å². The first-order valence-electron chi connectivity index (χ1n) is 10.00. The van der Waals surface area contributed by atoms with Crippen LogP contribution in [0, 0.1) is 6.92 Å². The van der Waals surface area contributed by atoms with Gasteiger partial charge in [0, 0.05) is 44.6 Å². The fourth-order valence-corrected chi connectivity index (χ4v) is 5.12. The number of halogens is 3. The second-order valence-corrected chi connectivity index (χ2v) is 9.53. The molecule has 0 N–H and O–H groups in total. The molecule has 1 saturated heterocycles. The largest absolute Gasteiger partial charge is 0.416 e. The number of alkyl halides is 3. The lowest BCUT2D eigenvalue weighted by Gasteiger charge is -2.34. The molecule has 11 heteroatoms. The molecule has 0 aliphatic carbocycles. The Morgan fingerprint density at radius 1 is 0.938 bits per heavy atom. The number of piperazine rings is 1. The third kappa shape index (κ3) is 4.94. The van der Waals surface area contributed by atoms with E-state index in [1.165, 1.54) is 16.4 Å². The summed E-state index contributed by atoms with van der Waals surface area (Å²) in [5.41, 5.74) is -0.477. The van der Waals surface area contributed by atoms with Crippen LogP contribution in [0.15, 0.2) is 54.9 Å². The number of aryl methyl sites for hydroxylation is 1. The van der Waals surface area contributed by atoms with E-state index in [1.807, 2.05) is 40.1 Å². The molecule has 1 aromatic carbocycles. The van der Waals surface area contributed by atoms with Gasteiger partial charge in [0.15, 0.2) is 0 Å². The van der Waals surface area contributed by atoms with Crippen LogP contribution in [-0.2, 0) is 22.0 Å². The highest BCUT2D eigenvalue weighted by atomic mass is 32.2. The minimum Gasteiger partial charge on any atom is -0.354 e. The van der Waals surface area contributed by atoms with Gasteiger partial charge < -0.3 is 9.47 Å². The lowest BCUT2D eigenvalue weighted by atomic mass is 10.1. The zero-order chi connectivity index (χ0) is 22.9. The number of nitrogens with zero attached hydrogens (tertiary/aromatic N) is 5. The molecule has 170 valence electrons. The van der Waals surface area contributed by atoms with Gasteiger partial charge in [0.25, 0.3) is 0 Å². The molecular formula is C21H22F3N5O2S. The lowest BCUT2D eigenvalue weighted by molar-refractivity contribution is -0.137. The summed E-state index contributed by atoms with van der Waals surface area (Å²) < 4.78 is 67.0. The normalized spacial score (nSPS) is 15.8. The Kier molecular flexibility index (Phi) is 5.95. The number of benzene rings is 1. The van der Waals surface area contributed by atoms with E-state index in [0.717, 1.165) is 23.8 Å². The second-order valence-electron chi connectivity index (χ2n) is 7.56. The molecular weight excluding hydrogens is 443 g/mol. The molecule has 1 aliphatic heterocycles. The first-order valence-corrected chi connectivity index (χ1v) is 11.6. The Balaban J connectivity index is 1.42. The Hall–Kier alpha value is -2.92. The Labute approximate surface area is 184 Å². The van der Waals surface area contributed by atoms with Gasteiger partial charge in [0.2, 0.25) is 10.0 Å². The van der Waals surface area contributed by atoms with E-state index in [9.17, 15) is 21.6 Å². The van der Waals surface area contributed by atoms with Gasteiger partial charge >= 0.3 is 6.18 Å². The summed E-state index contributed by atoms with van der Waals surface area (Å²) in [6, 6.07) is 9.89. The molecule has 0 radical (unpaired) electrons. The van der Waals surface area contributed by atoms with Crippen molar-refractivity contribution in [1.29, 1.82) is 0 Å². The summed E-state index contributed by atoms with van der Waals surface area (Å²) in [6.07, 6.45) is -0.678. The summed E-state index contributed by atoms with van der Waals surface area (Å²) in [4.78, 5) is 10.9. The van der Waals surface area contributed by atoms with E-state index in [0.29, 0.717) is 24.5 Å². The maximum absolute atomic E-state index is 12.8. The Morgan fingerprint density at radius 3 is 2.12 bits per heavy atom. The predicted octanol–water partition coefficient (Wildman–Crippen LogP) is 3.25. The van der Waals surface area contributed by atoms with E-state index in [-0.39, 0.29) is 18.8 Å². The van der Waals surface area contributed by atoms with Crippen molar-refractivity contribution in [3.8, 4) is 5.82 Å². The summed E-state index contributed by atoms with van der Waals surface area (Å²) in [5, 5.41) is 0. The van der Waals surface area contributed by atoms with Crippen LogP contribution >= 0.6 is 0 Å². The average molecular weight is 466 g/mol. The highest BCUT2D eigenvalue weighted by Crippen LogP contribution is 2.29. The Morgan fingerprint density at radius 2 is 1.53 bits per heavy atom. The standard InChI is InChI=1S/C21H22F3N5O2S/c1-16-25-19(27-8-2-3-9-27)14-20(26-16)28-10-12-29(13-11-28)32(30,31)15-17-4-6-18(7-5-17)21(22,23)24/h2-9,14H,10-13,15H2,1H3. The Bertz CT molecular complexity index is 1170. The molecule has 0 atom stereocenters. The fraction of sp³-hybridized carbons (Fsp3) is 0.333. The maximum Gasteiger partial charge on any atom is 0.416 e. The van der Waals surface area contributed by atoms with Crippen LogP contribution in [0.2, 0.25) is 0 Å². The smallest absolute Gasteiger partial charge is 0.354 e. The number of hydrogen-bond acceptors (Lipinski definition) is 5. The third-order valence-electron chi connectivity index (χ3n) is 5.27. The molecule has 2 aromatic heterocycles. The molecule has 3 heterocycles. The van der Waals surface area contributed by atoms with Gasteiger partial charge in [-0.1, -0.05) is 12.1 Å². The van der Waals surface area contributed by atoms with Gasteiger partial charge in [-0.3, -0.25) is 0 Å². The van der Waals surface area contributed by atoms with Crippen LogP contribution in [0.5, 0.6) is 0 Å². The van der Waals surface area contributed by atoms with Crippen LogP contribution in [0.1, 0.15) is 17.0 Å². The molecule has 0 unspecified atom stereocenters. The van der Waals surface area contributed by atoms with Crippen molar-refractivity contribution < 1.29 is 21.6 Å². The van der Waals surface area contributed by atoms with Crippen LogP contribution in [-0.4, -0.2) is 53.4 Å². The molecule has 32 heavy (non-hydrogen) atoms. The van der Waals surface area contributed by atoms with Gasteiger partial charge in [-0.25, -0.2) is 18.4 Å². The number of sulfonamides is 1. The number of hydrogen-bond donors (Lipinski definition) is 0. The zero-order valence-electron chi connectivity index (χ0n) is 17.3. The predicted molar refractivity (Wildman–Crippen MR) is 114 cm³/mol. The number of aromatic nitrogens is 3. The second kappa shape index (κ2) is 8.55. The number of anilines is 1. The summed E-state index contributed by atoms with van der Waals surface area (Å²) in [5.74, 6) is 1.73. The van der Waals surface area contributed by atoms with Gasteiger partial charge in [-0.15, -0.1) is 0 Å². The SMILES string of the molecule is Cc1nc(N2CCN(S(=O)(=O)Cc3ccc(C(F)(F)F)cc3)CC2)cc(-n2cccc2)n1. The minimum absolute atomic E-state index is 0.269. The first kappa shape index (κ1) is 22.3. The van der Waals surface area contributed by atoms with Crippen molar-refractivity contribution in [2.45, 2.75) is 18.9 Å². The molecule has 0 bridgehead atoms. The van der Waals surface area contributed by atoms with Crippen molar-refractivity contribution in [3.63, 3.8) is 0 Å². The van der Waals surface area contributed by atoms with Gasteiger partial charge in [-0.2, -0.15) is 17.5 Å². The molecule has 0 spiro atoms. The van der Waals surface area contributed by atoms with Crippen LogP contribution in [0.25, 0.3) is 5.82 Å². The van der Waals surface area contributed by atoms with E-state index in [4.69, 9.17) is 0 Å². The maximum atomic E-state index is 12.8.